The van der Waals surface area contributed by atoms with Gasteiger partial charge in [-0.05, 0) is 17.7 Å². The lowest BCUT2D eigenvalue weighted by molar-refractivity contribution is -0.127. The molecule has 0 aliphatic carbocycles. The Morgan fingerprint density at radius 1 is 1.48 bits per heavy atom. The standard InChI is InChI=1S/C13H15ClN4OS2/c1-15-12-16-17-13(21-12)20-8-11(19)18(2)7-9-4-3-5-10(14)6-9/h3-6H,7-8H2,1-2H3,(H,15,16). The maximum absolute atomic E-state index is 12.1. The molecule has 0 fully saturated rings. The van der Waals surface area contributed by atoms with Crippen LogP contribution in [-0.4, -0.2) is 40.9 Å². The van der Waals surface area contributed by atoms with Crippen LogP contribution in [0.3, 0.4) is 0 Å². The zero-order valence-corrected chi connectivity index (χ0v) is 14.1. The van der Waals surface area contributed by atoms with E-state index in [0.29, 0.717) is 17.3 Å². The number of carbonyl (C=O) groups excluding carboxylic acids is 1. The summed E-state index contributed by atoms with van der Waals surface area (Å²) in [6.45, 7) is 0.540. The number of amides is 1. The molecule has 0 bridgehead atoms. The molecule has 0 radical (unpaired) electrons. The second kappa shape index (κ2) is 7.63. The first kappa shape index (κ1) is 16.1. The first-order valence-electron chi connectivity index (χ1n) is 6.21. The molecule has 0 aliphatic heterocycles. The van der Waals surface area contributed by atoms with E-state index in [1.54, 1.807) is 19.0 Å². The van der Waals surface area contributed by atoms with E-state index in [9.17, 15) is 4.79 Å². The monoisotopic (exact) mass is 342 g/mol. The Morgan fingerprint density at radius 2 is 2.29 bits per heavy atom. The molecule has 0 saturated carbocycles. The molecule has 1 heterocycles. The van der Waals surface area contributed by atoms with E-state index in [-0.39, 0.29) is 5.91 Å². The van der Waals surface area contributed by atoms with Crippen LogP contribution in [0.4, 0.5) is 5.13 Å². The van der Waals surface area contributed by atoms with Gasteiger partial charge in [0, 0.05) is 25.7 Å². The third-order valence-corrected chi connectivity index (χ3v) is 4.97. The Morgan fingerprint density at radius 3 is 2.95 bits per heavy atom. The first-order chi connectivity index (χ1) is 10.1. The van der Waals surface area contributed by atoms with Gasteiger partial charge in [0.25, 0.3) is 0 Å². The molecule has 0 spiro atoms. The number of nitrogens with one attached hydrogen (secondary N) is 1. The Bertz CT molecular complexity index is 620. The van der Waals surface area contributed by atoms with E-state index in [1.165, 1.54) is 23.1 Å². The molecule has 1 aromatic carbocycles. The maximum Gasteiger partial charge on any atom is 0.233 e. The maximum atomic E-state index is 12.1. The van der Waals surface area contributed by atoms with Crippen LogP contribution in [0.2, 0.25) is 5.02 Å². The topological polar surface area (TPSA) is 58.1 Å². The van der Waals surface area contributed by atoms with Gasteiger partial charge >= 0.3 is 0 Å². The minimum Gasteiger partial charge on any atom is -0.363 e. The molecule has 0 atom stereocenters. The summed E-state index contributed by atoms with van der Waals surface area (Å²) >= 11 is 8.77. The van der Waals surface area contributed by atoms with Crippen LogP contribution in [0.15, 0.2) is 28.6 Å². The predicted molar refractivity (Wildman–Crippen MR) is 88.1 cm³/mol. The first-order valence-corrected chi connectivity index (χ1v) is 8.39. The summed E-state index contributed by atoms with van der Waals surface area (Å²) in [5, 5.41) is 12.3. The van der Waals surface area contributed by atoms with Crippen molar-refractivity contribution in [1.29, 1.82) is 0 Å². The number of anilines is 1. The van der Waals surface area contributed by atoms with E-state index in [2.05, 4.69) is 15.5 Å². The predicted octanol–water partition coefficient (Wildman–Crippen LogP) is 2.98. The minimum atomic E-state index is 0.0428. The molecule has 1 N–H and O–H groups in total. The van der Waals surface area contributed by atoms with Crippen molar-refractivity contribution in [1.82, 2.24) is 15.1 Å². The number of rotatable bonds is 6. The molecule has 112 valence electrons. The summed E-state index contributed by atoms with van der Waals surface area (Å²) in [4.78, 5) is 13.8. The lowest BCUT2D eigenvalue weighted by Gasteiger charge is -2.16. The highest BCUT2D eigenvalue weighted by Crippen LogP contribution is 2.25. The quantitative estimate of drug-likeness (QED) is 0.818. The Hall–Kier alpha value is -1.31. The molecular formula is C13H15ClN4OS2. The number of halogens is 1. The molecule has 2 rings (SSSR count). The third-order valence-electron chi connectivity index (χ3n) is 2.67. The lowest BCUT2D eigenvalue weighted by atomic mass is 10.2. The summed E-state index contributed by atoms with van der Waals surface area (Å²) in [5.41, 5.74) is 1.01. The molecule has 8 heteroatoms. The van der Waals surface area contributed by atoms with Crippen LogP contribution in [0.1, 0.15) is 5.56 Å². The average molecular weight is 343 g/mol. The largest absolute Gasteiger partial charge is 0.363 e. The fourth-order valence-electron chi connectivity index (χ4n) is 1.60. The van der Waals surface area contributed by atoms with Gasteiger partial charge < -0.3 is 10.2 Å². The van der Waals surface area contributed by atoms with Gasteiger partial charge in [-0.25, -0.2) is 0 Å². The number of hydrogen-bond donors (Lipinski definition) is 1. The number of thioether (sulfide) groups is 1. The molecule has 5 nitrogen and oxygen atoms in total. The second-order valence-electron chi connectivity index (χ2n) is 4.29. The van der Waals surface area contributed by atoms with Crippen LogP contribution in [0.25, 0.3) is 0 Å². The van der Waals surface area contributed by atoms with Crippen molar-refractivity contribution in [2.45, 2.75) is 10.9 Å². The van der Waals surface area contributed by atoms with Gasteiger partial charge in [0.2, 0.25) is 11.0 Å². The van der Waals surface area contributed by atoms with Crippen molar-refractivity contribution in [2.24, 2.45) is 0 Å². The number of hydrogen-bond acceptors (Lipinski definition) is 6. The molecule has 1 aromatic heterocycles. The van der Waals surface area contributed by atoms with Gasteiger partial charge in [0.15, 0.2) is 4.34 Å². The average Bonchev–Trinajstić information content (AvgIpc) is 2.92. The van der Waals surface area contributed by atoms with Crippen molar-refractivity contribution >= 4 is 45.7 Å². The number of aromatic nitrogens is 2. The van der Waals surface area contributed by atoms with E-state index >= 15 is 0 Å². The molecule has 2 aromatic rings. The van der Waals surface area contributed by atoms with Gasteiger partial charge in [-0.15, -0.1) is 10.2 Å². The van der Waals surface area contributed by atoms with Crippen molar-refractivity contribution in [3.63, 3.8) is 0 Å². The Labute approximate surface area is 136 Å². The van der Waals surface area contributed by atoms with Gasteiger partial charge in [0.1, 0.15) is 0 Å². The molecule has 0 aliphatic rings. The van der Waals surface area contributed by atoms with Crippen LogP contribution in [0, 0.1) is 0 Å². The summed E-state index contributed by atoms with van der Waals surface area (Å²) in [7, 11) is 3.57. The Kier molecular flexibility index (Phi) is 5.84. The van der Waals surface area contributed by atoms with Crippen LogP contribution in [-0.2, 0) is 11.3 Å². The molecule has 0 unspecified atom stereocenters. The second-order valence-corrected chi connectivity index (χ2v) is 6.93. The number of carbonyl (C=O) groups is 1. The molecule has 0 saturated heterocycles. The van der Waals surface area contributed by atoms with E-state index in [4.69, 9.17) is 11.6 Å². The van der Waals surface area contributed by atoms with Crippen LogP contribution >= 0.6 is 34.7 Å². The number of nitrogens with zero attached hydrogens (tertiary/aromatic N) is 3. The minimum absolute atomic E-state index is 0.0428. The summed E-state index contributed by atoms with van der Waals surface area (Å²) < 4.78 is 0.781. The summed E-state index contributed by atoms with van der Waals surface area (Å²) in [6.07, 6.45) is 0. The molecule has 21 heavy (non-hydrogen) atoms. The highest BCUT2D eigenvalue weighted by Gasteiger charge is 2.12. The summed E-state index contributed by atoms with van der Waals surface area (Å²) in [5.74, 6) is 0.385. The van der Waals surface area contributed by atoms with Gasteiger partial charge in [-0.2, -0.15) is 0 Å². The van der Waals surface area contributed by atoms with Crippen LogP contribution in [0.5, 0.6) is 0 Å². The van der Waals surface area contributed by atoms with E-state index in [1.807, 2.05) is 24.3 Å². The normalized spacial score (nSPS) is 10.4. The van der Waals surface area contributed by atoms with Gasteiger partial charge in [-0.1, -0.05) is 46.8 Å². The molecular weight excluding hydrogens is 328 g/mol. The van der Waals surface area contributed by atoms with Crippen molar-refractivity contribution in [3.8, 4) is 0 Å². The fraction of sp³-hybridized carbons (Fsp3) is 0.308. The lowest BCUT2D eigenvalue weighted by Crippen LogP contribution is -2.27. The highest BCUT2D eigenvalue weighted by molar-refractivity contribution is 8.01. The SMILES string of the molecule is CNc1nnc(SCC(=O)N(C)Cc2cccc(Cl)c2)s1. The van der Waals surface area contributed by atoms with Crippen molar-refractivity contribution in [2.75, 3.05) is 25.2 Å². The zero-order valence-electron chi connectivity index (χ0n) is 11.7. The zero-order chi connectivity index (χ0) is 15.2. The number of benzene rings is 1. The van der Waals surface area contributed by atoms with Crippen molar-refractivity contribution < 1.29 is 4.79 Å². The third kappa shape index (κ3) is 4.87. The molecule has 1 amide bonds. The Balaban J connectivity index is 1.85. The van der Waals surface area contributed by atoms with E-state index < -0.39 is 0 Å². The van der Waals surface area contributed by atoms with E-state index in [0.717, 1.165) is 15.0 Å². The fourth-order valence-corrected chi connectivity index (χ4v) is 3.46. The highest BCUT2D eigenvalue weighted by atomic mass is 35.5. The van der Waals surface area contributed by atoms with Gasteiger partial charge in [-0.3, -0.25) is 4.79 Å². The van der Waals surface area contributed by atoms with Gasteiger partial charge in [0.05, 0.1) is 5.75 Å². The smallest absolute Gasteiger partial charge is 0.233 e. The van der Waals surface area contributed by atoms with Crippen LogP contribution < -0.4 is 5.32 Å². The summed E-state index contributed by atoms with van der Waals surface area (Å²) in [6, 6.07) is 7.51. The van der Waals surface area contributed by atoms with Crippen molar-refractivity contribution in [3.05, 3.63) is 34.9 Å².